The van der Waals surface area contributed by atoms with Crippen LogP contribution in [0, 0.1) is 0 Å². The maximum atomic E-state index is 11.4. The molecule has 1 aromatic rings. The van der Waals surface area contributed by atoms with Crippen LogP contribution in [0.4, 0.5) is 0 Å². The highest BCUT2D eigenvalue weighted by Crippen LogP contribution is 2.26. The number of fused-ring (bicyclic) bond motifs is 1. The molecule has 0 aromatic carbocycles. The van der Waals surface area contributed by atoms with Gasteiger partial charge < -0.3 is 5.32 Å². The molecule has 0 radical (unpaired) electrons. The fourth-order valence-electron chi connectivity index (χ4n) is 1.34. The third-order valence-electron chi connectivity index (χ3n) is 2.06. The summed E-state index contributed by atoms with van der Waals surface area (Å²) in [5.74, 6) is 0.410. The topological polar surface area (TPSA) is 42.0 Å². The predicted molar refractivity (Wildman–Crippen MR) is 52.2 cm³/mol. The van der Waals surface area contributed by atoms with Gasteiger partial charge >= 0.3 is 0 Å². The van der Waals surface area contributed by atoms with Crippen LogP contribution in [0.15, 0.2) is 0 Å². The highest BCUT2D eigenvalue weighted by Gasteiger charge is 2.22. The van der Waals surface area contributed by atoms with Gasteiger partial charge in [-0.2, -0.15) is 0 Å². The first-order valence-electron chi connectivity index (χ1n) is 4.46. The van der Waals surface area contributed by atoms with Crippen LogP contribution in [0.1, 0.15) is 40.1 Å². The van der Waals surface area contributed by atoms with Crippen molar-refractivity contribution < 1.29 is 4.79 Å². The predicted octanol–water partition coefficient (Wildman–Crippen LogP) is 1.55. The van der Waals surface area contributed by atoms with Crippen molar-refractivity contribution in [2.24, 2.45) is 0 Å². The number of thiazole rings is 1. The van der Waals surface area contributed by atoms with Crippen LogP contribution >= 0.6 is 11.3 Å². The number of hydrogen-bond acceptors (Lipinski definition) is 3. The van der Waals surface area contributed by atoms with E-state index in [1.165, 1.54) is 0 Å². The van der Waals surface area contributed by atoms with Crippen LogP contribution in [0.3, 0.4) is 0 Å². The van der Waals surface area contributed by atoms with E-state index in [1.807, 2.05) is 0 Å². The van der Waals surface area contributed by atoms with Crippen molar-refractivity contribution in [2.75, 3.05) is 6.54 Å². The highest BCUT2D eigenvalue weighted by molar-refractivity contribution is 7.12. The second-order valence-electron chi connectivity index (χ2n) is 3.48. The third-order valence-corrected chi connectivity index (χ3v) is 3.48. The van der Waals surface area contributed by atoms with Gasteiger partial charge in [0.1, 0.15) is 5.69 Å². The number of amides is 1. The Labute approximate surface area is 81.2 Å². The third kappa shape index (κ3) is 1.46. The molecule has 1 N–H and O–H groups in total. The Kier molecular flexibility index (Phi) is 2.07. The molecule has 0 spiro atoms. The molecule has 0 saturated heterocycles. The lowest BCUT2D eigenvalue weighted by Crippen LogP contribution is -2.31. The molecule has 0 bridgehead atoms. The Morgan fingerprint density at radius 3 is 2.92 bits per heavy atom. The Morgan fingerprint density at radius 2 is 2.31 bits per heavy atom. The molecule has 1 aliphatic heterocycles. The smallest absolute Gasteiger partial charge is 0.271 e. The van der Waals surface area contributed by atoms with Crippen molar-refractivity contribution in [3.8, 4) is 0 Å². The molecule has 70 valence electrons. The number of nitrogens with one attached hydrogen (secondary N) is 1. The molecule has 0 saturated carbocycles. The molecular weight excluding hydrogens is 184 g/mol. The molecule has 2 heterocycles. The minimum absolute atomic E-state index is 0.00981. The van der Waals surface area contributed by atoms with Gasteiger partial charge in [-0.05, 0) is 0 Å². The van der Waals surface area contributed by atoms with Gasteiger partial charge in [-0.25, -0.2) is 4.98 Å². The molecular formula is C9H12N2OS. The van der Waals surface area contributed by atoms with E-state index in [9.17, 15) is 4.79 Å². The molecule has 2 rings (SSSR count). The summed E-state index contributed by atoms with van der Waals surface area (Å²) in [7, 11) is 0. The van der Waals surface area contributed by atoms with Gasteiger partial charge in [0.15, 0.2) is 0 Å². The summed E-state index contributed by atoms with van der Waals surface area (Å²) in [6.07, 6.45) is 0.936. The van der Waals surface area contributed by atoms with Crippen molar-refractivity contribution in [3.63, 3.8) is 0 Å². The zero-order valence-corrected chi connectivity index (χ0v) is 8.57. The summed E-state index contributed by atoms with van der Waals surface area (Å²) in [4.78, 5) is 16.8. The van der Waals surface area contributed by atoms with Gasteiger partial charge in [0.2, 0.25) is 0 Å². The summed E-state index contributed by atoms with van der Waals surface area (Å²) in [6.45, 7) is 4.95. The highest BCUT2D eigenvalue weighted by atomic mass is 32.1. The molecule has 3 nitrogen and oxygen atoms in total. The Hall–Kier alpha value is -0.900. The van der Waals surface area contributed by atoms with Crippen molar-refractivity contribution in [3.05, 3.63) is 15.6 Å². The van der Waals surface area contributed by atoms with Crippen LogP contribution in [0.2, 0.25) is 0 Å². The summed E-state index contributed by atoms with van der Waals surface area (Å²) < 4.78 is 0. The van der Waals surface area contributed by atoms with Crippen molar-refractivity contribution in [1.82, 2.24) is 10.3 Å². The zero-order chi connectivity index (χ0) is 9.42. The largest absolute Gasteiger partial charge is 0.350 e. The molecule has 1 aromatic heterocycles. The molecule has 13 heavy (non-hydrogen) atoms. The van der Waals surface area contributed by atoms with Crippen LogP contribution in [0.25, 0.3) is 0 Å². The van der Waals surface area contributed by atoms with Crippen LogP contribution in [-0.2, 0) is 6.42 Å². The molecule has 1 amide bonds. The summed E-state index contributed by atoms with van der Waals surface area (Å²) in [5.41, 5.74) is 0.653. The Bertz CT molecular complexity index is 343. The van der Waals surface area contributed by atoms with E-state index in [1.54, 1.807) is 11.3 Å². The number of hydrogen-bond donors (Lipinski definition) is 1. The average molecular weight is 196 g/mol. The lowest BCUT2D eigenvalue weighted by molar-refractivity contribution is 0.0942. The van der Waals surface area contributed by atoms with Gasteiger partial charge in [0, 0.05) is 23.8 Å². The van der Waals surface area contributed by atoms with Crippen molar-refractivity contribution >= 4 is 17.2 Å². The maximum absolute atomic E-state index is 11.4. The molecule has 1 aliphatic rings. The summed E-state index contributed by atoms with van der Waals surface area (Å²) in [6, 6.07) is 0. The van der Waals surface area contributed by atoms with E-state index in [0.717, 1.165) is 22.9 Å². The number of carbonyl (C=O) groups excluding carboxylic acids is 1. The standard InChI is InChI=1S/C9H12N2OS/c1-5(2)9-11-7-6(13-9)3-4-10-8(7)12/h5H,3-4H2,1-2H3,(H,10,12). The quantitative estimate of drug-likeness (QED) is 0.740. The number of carbonyl (C=O) groups is 1. The summed E-state index contributed by atoms with van der Waals surface area (Å²) >= 11 is 1.68. The van der Waals surface area contributed by atoms with Crippen molar-refractivity contribution in [2.45, 2.75) is 26.2 Å². The second kappa shape index (κ2) is 3.10. The zero-order valence-electron chi connectivity index (χ0n) is 7.76. The van der Waals surface area contributed by atoms with Gasteiger partial charge in [-0.1, -0.05) is 13.8 Å². The van der Waals surface area contributed by atoms with Gasteiger partial charge in [-0.15, -0.1) is 11.3 Å². The first kappa shape index (κ1) is 8.69. The van der Waals surface area contributed by atoms with Crippen LogP contribution < -0.4 is 5.32 Å². The monoisotopic (exact) mass is 196 g/mol. The lowest BCUT2D eigenvalue weighted by atomic mass is 10.2. The number of nitrogens with zero attached hydrogens (tertiary/aromatic N) is 1. The lowest BCUT2D eigenvalue weighted by Gasteiger charge is -2.09. The van der Waals surface area contributed by atoms with Crippen LogP contribution in [0.5, 0.6) is 0 Å². The Balaban J connectivity index is 2.42. The van der Waals surface area contributed by atoms with E-state index in [4.69, 9.17) is 0 Å². The normalized spacial score (nSPS) is 15.8. The fraction of sp³-hybridized carbons (Fsp3) is 0.556. The Morgan fingerprint density at radius 1 is 1.54 bits per heavy atom. The molecule has 0 unspecified atom stereocenters. The molecule has 0 aliphatic carbocycles. The van der Waals surface area contributed by atoms with E-state index < -0.39 is 0 Å². The van der Waals surface area contributed by atoms with E-state index in [2.05, 4.69) is 24.1 Å². The minimum atomic E-state index is -0.00981. The van der Waals surface area contributed by atoms with Gasteiger partial charge in [0.05, 0.1) is 5.01 Å². The SMILES string of the molecule is CC(C)c1nc2c(s1)CCNC2=O. The molecule has 0 atom stereocenters. The molecule has 0 fully saturated rings. The van der Waals surface area contributed by atoms with Gasteiger partial charge in [0.25, 0.3) is 5.91 Å². The van der Waals surface area contributed by atoms with E-state index >= 15 is 0 Å². The summed E-state index contributed by atoms with van der Waals surface area (Å²) in [5, 5.41) is 3.87. The van der Waals surface area contributed by atoms with E-state index in [0.29, 0.717) is 11.6 Å². The fourth-order valence-corrected chi connectivity index (χ4v) is 2.40. The second-order valence-corrected chi connectivity index (χ2v) is 4.60. The number of rotatable bonds is 1. The van der Waals surface area contributed by atoms with E-state index in [-0.39, 0.29) is 5.91 Å². The average Bonchev–Trinajstić information content (AvgIpc) is 2.49. The van der Waals surface area contributed by atoms with Crippen molar-refractivity contribution in [1.29, 1.82) is 0 Å². The molecule has 4 heteroatoms. The number of aromatic nitrogens is 1. The van der Waals surface area contributed by atoms with Crippen LogP contribution in [-0.4, -0.2) is 17.4 Å². The first-order chi connectivity index (χ1) is 6.18. The van der Waals surface area contributed by atoms with Gasteiger partial charge in [-0.3, -0.25) is 4.79 Å². The first-order valence-corrected chi connectivity index (χ1v) is 5.28. The minimum Gasteiger partial charge on any atom is -0.350 e. The maximum Gasteiger partial charge on any atom is 0.271 e.